The summed E-state index contributed by atoms with van der Waals surface area (Å²) < 4.78 is 13.7. The third kappa shape index (κ3) is 5.33. The van der Waals surface area contributed by atoms with E-state index in [9.17, 15) is 4.79 Å². The van der Waals surface area contributed by atoms with E-state index in [1.807, 2.05) is 47.4 Å². The van der Waals surface area contributed by atoms with E-state index >= 15 is 0 Å². The van der Waals surface area contributed by atoms with Gasteiger partial charge in [0.25, 0.3) is 0 Å². The van der Waals surface area contributed by atoms with Gasteiger partial charge in [-0.05, 0) is 60.7 Å². The van der Waals surface area contributed by atoms with Crippen LogP contribution in [0.5, 0.6) is 11.5 Å². The van der Waals surface area contributed by atoms with Gasteiger partial charge in [-0.3, -0.25) is 4.79 Å². The van der Waals surface area contributed by atoms with Gasteiger partial charge in [0.05, 0.1) is 24.8 Å². The van der Waals surface area contributed by atoms with Gasteiger partial charge in [0, 0.05) is 37.2 Å². The lowest BCUT2D eigenvalue weighted by molar-refractivity contribution is -0.117. The van der Waals surface area contributed by atoms with Crippen LogP contribution >= 0.6 is 0 Å². The molecular formula is C31H35N3O3. The number of para-hydroxylation sites is 2. The molecule has 0 radical (unpaired) electrons. The van der Waals surface area contributed by atoms with Crippen molar-refractivity contribution in [3.05, 3.63) is 84.2 Å². The first kappa shape index (κ1) is 24.9. The summed E-state index contributed by atoms with van der Waals surface area (Å²) in [6.45, 7) is 6.46. The minimum atomic E-state index is 0.0279. The number of hydrogen-bond acceptors (Lipinski definition) is 4. The smallest absolute Gasteiger partial charge is 0.227 e. The molecule has 5 rings (SSSR count). The molecule has 1 fully saturated rings. The van der Waals surface area contributed by atoms with E-state index in [-0.39, 0.29) is 11.8 Å². The number of carbonyl (C=O) groups excluding carboxylic acids is 1. The highest BCUT2D eigenvalue weighted by molar-refractivity contribution is 5.96. The number of aryl methyl sites for hydroxylation is 1. The Labute approximate surface area is 218 Å². The predicted molar refractivity (Wildman–Crippen MR) is 148 cm³/mol. The van der Waals surface area contributed by atoms with Crippen LogP contribution in [0.15, 0.2) is 72.8 Å². The van der Waals surface area contributed by atoms with Crippen LogP contribution < -0.4 is 14.4 Å². The van der Waals surface area contributed by atoms with E-state index in [0.717, 1.165) is 53.4 Å². The van der Waals surface area contributed by atoms with Gasteiger partial charge in [0.15, 0.2) is 0 Å². The summed E-state index contributed by atoms with van der Waals surface area (Å²) in [6, 6.07) is 24.3. The Morgan fingerprint density at radius 1 is 1.03 bits per heavy atom. The minimum Gasteiger partial charge on any atom is -0.497 e. The Bertz CT molecular complexity index is 1360. The predicted octanol–water partition coefficient (Wildman–Crippen LogP) is 6.55. The summed E-state index contributed by atoms with van der Waals surface area (Å²) in [5.74, 6) is 3.32. The molecule has 3 aromatic carbocycles. The second-order valence-electron chi connectivity index (χ2n) is 9.80. The maximum absolute atomic E-state index is 13.0. The summed E-state index contributed by atoms with van der Waals surface area (Å²) in [7, 11) is 1.64. The lowest BCUT2D eigenvalue weighted by atomic mass is 9.99. The Kier molecular flexibility index (Phi) is 7.45. The zero-order chi connectivity index (χ0) is 25.8. The average Bonchev–Trinajstić information content (AvgIpc) is 3.51. The molecule has 1 aromatic heterocycles. The molecule has 0 spiro atoms. The maximum atomic E-state index is 13.0. The first-order valence-electron chi connectivity index (χ1n) is 13.2. The molecule has 37 heavy (non-hydrogen) atoms. The molecule has 2 unspecified atom stereocenters. The molecule has 2 heterocycles. The summed E-state index contributed by atoms with van der Waals surface area (Å²) in [4.78, 5) is 19.8. The van der Waals surface area contributed by atoms with Crippen molar-refractivity contribution in [1.82, 2.24) is 9.55 Å². The van der Waals surface area contributed by atoms with Gasteiger partial charge < -0.3 is 18.9 Å². The lowest BCUT2D eigenvalue weighted by Crippen LogP contribution is -2.24. The van der Waals surface area contributed by atoms with Crippen LogP contribution in [0.3, 0.4) is 0 Å². The molecule has 6 heteroatoms. The van der Waals surface area contributed by atoms with Gasteiger partial charge >= 0.3 is 0 Å². The minimum absolute atomic E-state index is 0.0279. The molecule has 1 saturated heterocycles. The van der Waals surface area contributed by atoms with Gasteiger partial charge in [0.2, 0.25) is 5.91 Å². The highest BCUT2D eigenvalue weighted by atomic mass is 16.5. The number of aromatic nitrogens is 2. The Hall–Kier alpha value is -3.80. The first-order valence-corrected chi connectivity index (χ1v) is 13.2. The fraction of sp³-hybridized carbons (Fsp3) is 0.355. The SMILES string of the molecule is CCC(C)c1ccc(OCCCn2c(C3CC(=O)N(c4cccc(OC)c4)C3)nc3ccccc32)cc1. The Morgan fingerprint density at radius 3 is 2.62 bits per heavy atom. The van der Waals surface area contributed by atoms with Crippen LogP contribution in [-0.2, 0) is 11.3 Å². The van der Waals surface area contributed by atoms with Crippen molar-refractivity contribution in [3.63, 3.8) is 0 Å². The van der Waals surface area contributed by atoms with Crippen molar-refractivity contribution in [2.45, 2.75) is 51.5 Å². The average molecular weight is 498 g/mol. The number of methoxy groups -OCH3 is 1. The number of benzene rings is 3. The van der Waals surface area contributed by atoms with Crippen molar-refractivity contribution >= 4 is 22.6 Å². The molecule has 192 valence electrons. The van der Waals surface area contributed by atoms with Crippen molar-refractivity contribution in [2.24, 2.45) is 0 Å². The van der Waals surface area contributed by atoms with Crippen molar-refractivity contribution in [2.75, 3.05) is 25.2 Å². The molecule has 2 atom stereocenters. The van der Waals surface area contributed by atoms with Crippen LogP contribution in [0.4, 0.5) is 5.69 Å². The van der Waals surface area contributed by atoms with Crippen LogP contribution in [0, 0.1) is 0 Å². The summed E-state index contributed by atoms with van der Waals surface area (Å²) in [5, 5.41) is 0. The number of ether oxygens (including phenoxy) is 2. The van der Waals surface area contributed by atoms with Crippen LogP contribution in [0.1, 0.15) is 56.3 Å². The first-order chi connectivity index (χ1) is 18.1. The van der Waals surface area contributed by atoms with Gasteiger partial charge in [-0.15, -0.1) is 0 Å². The highest BCUT2D eigenvalue weighted by Crippen LogP contribution is 2.34. The van der Waals surface area contributed by atoms with E-state index in [1.54, 1.807) is 7.11 Å². The van der Waals surface area contributed by atoms with Gasteiger partial charge in [0.1, 0.15) is 17.3 Å². The standard InChI is InChI=1S/C31H35N3O3/c1-4-22(2)23-13-15-26(16-14-23)37-18-8-17-33-29-12-6-5-11-28(29)32-31(33)24-19-30(35)34(21-24)25-9-7-10-27(20-25)36-3/h5-7,9-16,20,22,24H,4,8,17-19,21H2,1-3H3. The fourth-order valence-corrected chi connectivity index (χ4v) is 5.09. The lowest BCUT2D eigenvalue weighted by Gasteiger charge is -2.18. The third-order valence-electron chi connectivity index (χ3n) is 7.40. The molecule has 4 aromatic rings. The number of anilines is 1. The zero-order valence-electron chi connectivity index (χ0n) is 21.9. The molecule has 1 aliphatic rings. The summed E-state index contributed by atoms with van der Waals surface area (Å²) in [5.41, 5.74) is 4.27. The van der Waals surface area contributed by atoms with E-state index < -0.39 is 0 Å². The quantitative estimate of drug-likeness (QED) is 0.233. The van der Waals surface area contributed by atoms with Crippen molar-refractivity contribution < 1.29 is 14.3 Å². The number of nitrogens with zero attached hydrogens (tertiary/aromatic N) is 3. The van der Waals surface area contributed by atoms with Crippen molar-refractivity contribution in [1.29, 1.82) is 0 Å². The Morgan fingerprint density at radius 2 is 1.84 bits per heavy atom. The molecule has 0 saturated carbocycles. The largest absolute Gasteiger partial charge is 0.497 e. The van der Waals surface area contributed by atoms with E-state index in [2.05, 4.69) is 48.7 Å². The number of carbonyl (C=O) groups is 1. The highest BCUT2D eigenvalue weighted by Gasteiger charge is 2.35. The molecule has 0 N–H and O–H groups in total. The number of amides is 1. The Balaban J connectivity index is 1.29. The zero-order valence-corrected chi connectivity index (χ0v) is 21.9. The molecule has 0 aliphatic carbocycles. The summed E-state index contributed by atoms with van der Waals surface area (Å²) >= 11 is 0. The maximum Gasteiger partial charge on any atom is 0.227 e. The van der Waals surface area contributed by atoms with E-state index in [0.29, 0.717) is 25.5 Å². The second-order valence-corrected chi connectivity index (χ2v) is 9.80. The monoisotopic (exact) mass is 497 g/mol. The summed E-state index contributed by atoms with van der Waals surface area (Å²) in [6.07, 6.45) is 2.42. The number of hydrogen-bond donors (Lipinski definition) is 0. The van der Waals surface area contributed by atoms with Crippen molar-refractivity contribution in [3.8, 4) is 11.5 Å². The molecule has 1 aliphatic heterocycles. The second kappa shape index (κ2) is 11.1. The van der Waals surface area contributed by atoms with Crippen LogP contribution in [0.2, 0.25) is 0 Å². The fourth-order valence-electron chi connectivity index (χ4n) is 5.09. The van der Waals surface area contributed by atoms with Gasteiger partial charge in [-0.1, -0.05) is 44.2 Å². The molecule has 0 bridgehead atoms. The third-order valence-corrected chi connectivity index (χ3v) is 7.40. The molecular weight excluding hydrogens is 462 g/mol. The number of imidazole rings is 1. The van der Waals surface area contributed by atoms with E-state index in [4.69, 9.17) is 14.5 Å². The number of fused-ring (bicyclic) bond motifs is 1. The van der Waals surface area contributed by atoms with Crippen LogP contribution in [0.25, 0.3) is 11.0 Å². The normalized spacial score (nSPS) is 16.4. The molecule has 1 amide bonds. The topological polar surface area (TPSA) is 56.6 Å². The van der Waals surface area contributed by atoms with E-state index in [1.165, 1.54) is 5.56 Å². The van der Waals surface area contributed by atoms with Gasteiger partial charge in [-0.2, -0.15) is 0 Å². The van der Waals surface area contributed by atoms with Gasteiger partial charge in [-0.25, -0.2) is 4.98 Å². The number of rotatable bonds is 10. The molecule has 6 nitrogen and oxygen atoms in total. The van der Waals surface area contributed by atoms with Crippen LogP contribution in [-0.4, -0.2) is 35.7 Å².